The Morgan fingerprint density at radius 1 is 0.343 bits per heavy atom. The molecule has 0 radical (unpaired) electrons. The fourth-order valence-corrected chi connectivity index (χ4v) is 15.4. The molecule has 11 fully saturated rings. The number of hydrogen-bond donors (Lipinski definition) is 1. The van der Waals surface area contributed by atoms with E-state index in [9.17, 15) is 190 Å². The van der Waals surface area contributed by atoms with E-state index in [1.807, 2.05) is 0 Å². The zero-order chi connectivity index (χ0) is 82.2. The Morgan fingerprint density at radius 2 is 0.657 bits per heavy atom. The predicted octanol–water partition coefficient (Wildman–Crippen LogP) is 18.9. The molecule has 0 saturated heterocycles. The Morgan fingerprint density at radius 3 is 0.962 bits per heavy atom. The first-order valence-corrected chi connectivity index (χ1v) is 30.5. The molecule has 0 aromatic rings. The smallest absolute Gasteiger partial charge is 0.379 e. The van der Waals surface area contributed by atoms with Crippen LogP contribution in [0.25, 0.3) is 0 Å². The van der Waals surface area contributed by atoms with Crippen LogP contribution < -0.4 is 0 Å². The lowest BCUT2D eigenvalue weighted by molar-refractivity contribution is -0.619. The first-order chi connectivity index (χ1) is 46.5. The van der Waals surface area contributed by atoms with Crippen LogP contribution in [0.4, 0.5) is 189 Å². The lowest BCUT2D eigenvalue weighted by atomic mass is 9.40. The number of halogens is 43. The van der Waals surface area contributed by atoms with Gasteiger partial charge in [0.25, 0.3) is 22.5 Å². The van der Waals surface area contributed by atoms with Gasteiger partial charge in [-0.3, -0.25) is 0 Å². The van der Waals surface area contributed by atoms with E-state index in [2.05, 4.69) is 14.2 Å². The molecule has 105 heavy (non-hydrogen) atoms. The summed E-state index contributed by atoms with van der Waals surface area (Å²) in [6.45, 7) is -4.18. The average molecular weight is 1650 g/mol. The summed E-state index contributed by atoms with van der Waals surface area (Å²) in [5, 5.41) is 9.28. The van der Waals surface area contributed by atoms with Crippen molar-refractivity contribution in [3.63, 3.8) is 0 Å². The second kappa shape index (κ2) is 25.9. The maximum absolute atomic E-state index is 15.0. The van der Waals surface area contributed by atoms with Gasteiger partial charge in [-0.05, 0) is 90.4 Å². The number of rotatable bonds is 18. The first kappa shape index (κ1) is 90.6. The molecule has 8 bridgehead atoms. The summed E-state index contributed by atoms with van der Waals surface area (Å²) in [4.78, 5) is 0. The van der Waals surface area contributed by atoms with Gasteiger partial charge >= 0.3 is 124 Å². The summed E-state index contributed by atoms with van der Waals surface area (Å²) in [7, 11) is 0. The Kier molecular flexibility index (Phi) is 22.3. The van der Waals surface area contributed by atoms with E-state index in [-0.39, 0.29) is 50.2 Å². The van der Waals surface area contributed by atoms with Gasteiger partial charge in [0.05, 0.1) is 43.7 Å². The molecule has 0 aromatic carbocycles. The van der Waals surface area contributed by atoms with Crippen LogP contribution in [-0.2, 0) is 28.4 Å². The lowest BCUT2D eigenvalue weighted by Crippen LogP contribution is -3.10. The SMILES string of the molecule is CCOC(CC(O)(C(F)(F)F)C(F)(F)F)C1CCCCC1.CCOC12CC3CC(C1)CC(OCC1(F)C(F)(F)C(F)(F)C(F)(F)C(F)(F)C1(F)F)(C3)C2.CCOCC1(F)C(F)(F)C(F)(F)C(F)(F)C(F)(F)C1(F)F.CCOCCOC12C(F)(F)C3(F)C(F)(F)C(F)(C(F)(F)C(F)(C3(F)F)C1(F)F)C2(F)F. The van der Waals surface area contributed by atoms with E-state index in [1.54, 1.807) is 6.92 Å². The van der Waals surface area contributed by atoms with Crippen LogP contribution in [0.3, 0.4) is 0 Å². The molecule has 3 atom stereocenters. The summed E-state index contributed by atoms with van der Waals surface area (Å²) >= 11 is 0. The molecule has 3 unspecified atom stereocenters. The molecule has 0 aliphatic heterocycles. The summed E-state index contributed by atoms with van der Waals surface area (Å²) in [6.07, 6.45) is -8.99. The molecular formula is C55H57F43O7. The highest BCUT2D eigenvalue weighted by atomic mass is 19.4. The minimum atomic E-state index is -7.79. The van der Waals surface area contributed by atoms with Gasteiger partial charge in [0.1, 0.15) is 0 Å². The third-order valence-corrected chi connectivity index (χ3v) is 20.6. The molecule has 0 aromatic heterocycles. The van der Waals surface area contributed by atoms with Crippen LogP contribution >= 0.6 is 0 Å². The highest BCUT2D eigenvalue weighted by molar-refractivity contribution is 5.54. The number of aliphatic hydroxyl groups is 1. The van der Waals surface area contributed by atoms with Crippen LogP contribution in [0.15, 0.2) is 0 Å². The molecule has 0 spiro atoms. The quantitative estimate of drug-likeness (QED) is 0.108. The van der Waals surface area contributed by atoms with Gasteiger partial charge in [0, 0.05) is 39.3 Å². The Labute approximate surface area is 561 Å². The van der Waals surface area contributed by atoms with Crippen molar-refractivity contribution in [2.75, 3.05) is 52.9 Å². The molecular weight excluding hydrogens is 1590 g/mol. The maximum atomic E-state index is 15.0. The highest BCUT2D eigenvalue weighted by Gasteiger charge is 3.23. The maximum Gasteiger partial charge on any atom is 0.426 e. The number of alkyl halides is 43. The van der Waals surface area contributed by atoms with Gasteiger partial charge in [-0.1, -0.05) is 19.3 Å². The lowest BCUT2D eigenvalue weighted by Gasteiger charge is -2.74. The fourth-order valence-electron chi connectivity index (χ4n) is 15.4. The van der Waals surface area contributed by atoms with Crippen LogP contribution in [0.2, 0.25) is 0 Å². The topological polar surface area (TPSA) is 75.6 Å². The van der Waals surface area contributed by atoms with Gasteiger partial charge < -0.3 is 33.5 Å². The van der Waals surface area contributed by atoms with Gasteiger partial charge in [-0.25, -0.2) is 22.0 Å². The Hall–Kier alpha value is -3.29. The van der Waals surface area contributed by atoms with E-state index in [0.29, 0.717) is 32.1 Å². The zero-order valence-corrected chi connectivity index (χ0v) is 53.1. The molecule has 7 nitrogen and oxygen atoms in total. The van der Waals surface area contributed by atoms with E-state index in [1.165, 1.54) is 6.92 Å². The summed E-state index contributed by atoms with van der Waals surface area (Å²) < 4.78 is 617. The van der Waals surface area contributed by atoms with E-state index < -0.39 is 210 Å². The molecule has 11 saturated carbocycles. The number of ether oxygens (including phenoxy) is 6. The Bertz CT molecular complexity index is 2890. The van der Waals surface area contributed by atoms with Crippen molar-refractivity contribution in [1.82, 2.24) is 0 Å². The van der Waals surface area contributed by atoms with Gasteiger partial charge in [0.2, 0.25) is 0 Å². The zero-order valence-electron chi connectivity index (χ0n) is 53.1. The van der Waals surface area contributed by atoms with Crippen molar-refractivity contribution in [1.29, 1.82) is 0 Å². The van der Waals surface area contributed by atoms with Crippen LogP contribution in [0, 0.1) is 17.8 Å². The first-order valence-electron chi connectivity index (χ1n) is 30.5. The normalized spacial score (nSPS) is 37.5. The summed E-state index contributed by atoms with van der Waals surface area (Å²) in [5.41, 5.74) is -48.9. The van der Waals surface area contributed by atoms with Crippen LogP contribution in [0.1, 0.15) is 105 Å². The third kappa shape index (κ3) is 10.6. The van der Waals surface area contributed by atoms with Crippen molar-refractivity contribution in [3.8, 4) is 0 Å². The van der Waals surface area contributed by atoms with Crippen molar-refractivity contribution in [2.24, 2.45) is 17.8 Å². The monoisotopic (exact) mass is 1650 g/mol. The highest BCUT2D eigenvalue weighted by Crippen LogP contribution is 2.89. The molecule has 11 aliphatic carbocycles. The van der Waals surface area contributed by atoms with Crippen molar-refractivity contribution in [3.05, 3.63) is 0 Å². The standard InChI is InChI=1S/C19H21F11O2.C14H9F15O2.C13H20F6O2.C9H7F11O/c1-2-31-12-4-10-3-11(5-12)7-13(6-10,8-12)32-9-14(20)15(21,22)17(25,26)19(29,30)18(27,28)16(14,23)24;1-2-30-3-4-31-8-12(24,25)5(15)9(18,19)6(16,13(8,26)27)11(22,23)7(17,10(5,20)21)14(8,28)29;1-2-21-10(9-6-4-3-5-7-9)8-11(20,12(14,15)16)13(17,18)19;1-2-21-3-4(10)5(11,12)7(15,16)9(19,20)8(17,18)6(4,13)14/h10-11H,2-9H2,1H3;2-4H2,1H3;9-10,20H,2-8H2,1H3;2-3H2,1H3. The van der Waals surface area contributed by atoms with Crippen molar-refractivity contribution in [2.45, 2.75) is 269 Å². The van der Waals surface area contributed by atoms with Crippen LogP contribution in [-0.4, -0.2) is 222 Å². The molecule has 0 amide bonds. The fraction of sp³-hybridized carbons (Fsp3) is 1.00. The largest absolute Gasteiger partial charge is 0.426 e. The molecule has 1 N–H and O–H groups in total. The number of hydrogen-bond acceptors (Lipinski definition) is 7. The van der Waals surface area contributed by atoms with E-state index >= 15 is 4.39 Å². The van der Waals surface area contributed by atoms with Gasteiger partial charge in [-0.15, -0.1) is 0 Å². The van der Waals surface area contributed by atoms with Crippen LogP contribution in [0.5, 0.6) is 0 Å². The van der Waals surface area contributed by atoms with Crippen molar-refractivity contribution >= 4 is 0 Å². The molecule has 0 heterocycles. The second-order valence-corrected chi connectivity index (χ2v) is 26.6. The van der Waals surface area contributed by atoms with Gasteiger partial charge in [-0.2, -0.15) is 167 Å². The molecule has 50 heteroatoms. The van der Waals surface area contributed by atoms with E-state index in [4.69, 9.17) is 14.2 Å². The van der Waals surface area contributed by atoms with E-state index in [0.717, 1.165) is 33.1 Å². The molecule has 620 valence electrons. The third-order valence-electron chi connectivity index (χ3n) is 20.6. The average Bonchev–Trinajstić information content (AvgIpc) is 0.587. The Balaban J connectivity index is 0.000000224. The van der Waals surface area contributed by atoms with Gasteiger partial charge in [0.15, 0.2) is 0 Å². The summed E-state index contributed by atoms with van der Waals surface area (Å²) in [5.74, 6) is -117. The molecule has 11 rings (SSSR count). The van der Waals surface area contributed by atoms with Crippen molar-refractivity contribution < 1.29 is 222 Å². The minimum Gasteiger partial charge on any atom is -0.379 e. The molecule has 11 aliphatic rings. The second-order valence-electron chi connectivity index (χ2n) is 26.6. The summed E-state index contributed by atoms with van der Waals surface area (Å²) in [6, 6.07) is 0. The predicted molar refractivity (Wildman–Crippen MR) is 261 cm³/mol. The minimum absolute atomic E-state index is 0.00691.